The molecule has 0 spiro atoms. The van der Waals surface area contributed by atoms with Gasteiger partial charge >= 0.3 is 0 Å². The molecule has 0 aliphatic heterocycles. The van der Waals surface area contributed by atoms with Gasteiger partial charge in [0.05, 0.1) is 12.6 Å². The molecule has 2 rings (SSSR count). The number of aliphatic hydroxyl groups excluding tert-OH is 1. The van der Waals surface area contributed by atoms with Crippen LogP contribution in [-0.2, 0) is 13.5 Å². The van der Waals surface area contributed by atoms with Crippen molar-refractivity contribution in [2.24, 2.45) is 7.05 Å². The largest absolute Gasteiger partial charge is 0.494 e. The number of aromatic nitrogens is 1. The highest BCUT2D eigenvalue weighted by Gasteiger charge is 2.17. The normalized spacial score (nSPS) is 11.5. The molecule has 0 unspecified atom stereocenters. The maximum Gasteiger partial charge on any atom is 0.167 e. The zero-order valence-electron chi connectivity index (χ0n) is 10.6. The number of rotatable bonds is 3. The van der Waals surface area contributed by atoms with E-state index in [4.69, 9.17) is 14.9 Å². The Balaban J connectivity index is 2.73. The number of aryl methyl sites for hydroxylation is 1. The summed E-state index contributed by atoms with van der Waals surface area (Å²) in [6.07, 6.45) is -1.32. The van der Waals surface area contributed by atoms with E-state index in [1.165, 1.54) is 13.2 Å². The van der Waals surface area contributed by atoms with Crippen molar-refractivity contribution in [2.75, 3.05) is 7.11 Å². The minimum Gasteiger partial charge on any atom is -0.494 e. The molecule has 1 heterocycles. The first kappa shape index (κ1) is 12.9. The lowest BCUT2D eigenvalue weighted by molar-refractivity contribution is -0.0380. The second-order valence-electron chi connectivity index (χ2n) is 4.31. The molecule has 0 saturated carbocycles. The van der Waals surface area contributed by atoms with Crippen molar-refractivity contribution in [3.05, 3.63) is 29.2 Å². The standard InChI is InChI=1S/C13H16FNO3/c1-7-8(5-13(16)17)9-4-12(18-3)10(14)6-11(9)15(7)2/h4,6,13,16-17H,5H2,1-3H3. The molecule has 4 nitrogen and oxygen atoms in total. The number of nitrogens with zero attached hydrogens (tertiary/aromatic N) is 1. The summed E-state index contributed by atoms with van der Waals surface area (Å²) in [7, 11) is 3.22. The highest BCUT2D eigenvalue weighted by atomic mass is 19.1. The molecule has 98 valence electrons. The van der Waals surface area contributed by atoms with Gasteiger partial charge in [-0.1, -0.05) is 0 Å². The first-order valence-corrected chi connectivity index (χ1v) is 5.63. The van der Waals surface area contributed by atoms with E-state index in [0.717, 1.165) is 16.6 Å². The van der Waals surface area contributed by atoms with Crippen molar-refractivity contribution in [2.45, 2.75) is 19.6 Å². The molecule has 2 N–H and O–H groups in total. The monoisotopic (exact) mass is 253 g/mol. The van der Waals surface area contributed by atoms with Crippen LogP contribution in [0.15, 0.2) is 12.1 Å². The molecule has 1 aromatic carbocycles. The lowest BCUT2D eigenvalue weighted by atomic mass is 10.1. The SMILES string of the molecule is COc1cc2c(CC(O)O)c(C)n(C)c2cc1F. The number of halogens is 1. The van der Waals surface area contributed by atoms with Crippen molar-refractivity contribution in [1.29, 1.82) is 0 Å². The van der Waals surface area contributed by atoms with Gasteiger partial charge in [-0.2, -0.15) is 0 Å². The van der Waals surface area contributed by atoms with Crippen LogP contribution in [0.2, 0.25) is 0 Å². The molecule has 0 aliphatic carbocycles. The summed E-state index contributed by atoms with van der Waals surface area (Å²) >= 11 is 0. The van der Waals surface area contributed by atoms with Gasteiger partial charge in [0.1, 0.15) is 0 Å². The Morgan fingerprint density at radius 3 is 2.61 bits per heavy atom. The van der Waals surface area contributed by atoms with Gasteiger partial charge in [0.25, 0.3) is 0 Å². The summed E-state index contributed by atoms with van der Waals surface area (Å²) in [6.45, 7) is 1.86. The topological polar surface area (TPSA) is 54.6 Å². The van der Waals surface area contributed by atoms with Crippen LogP contribution in [0.4, 0.5) is 4.39 Å². The minimum absolute atomic E-state index is 0.109. The van der Waals surface area contributed by atoms with Gasteiger partial charge in [-0.05, 0) is 18.6 Å². The van der Waals surface area contributed by atoms with Crippen LogP contribution in [-0.4, -0.2) is 28.2 Å². The van der Waals surface area contributed by atoms with Gasteiger partial charge in [0, 0.05) is 30.6 Å². The fourth-order valence-corrected chi connectivity index (χ4v) is 2.24. The molecule has 5 heteroatoms. The number of aliphatic hydroxyl groups is 2. The highest BCUT2D eigenvalue weighted by Crippen LogP contribution is 2.31. The average Bonchev–Trinajstić information content (AvgIpc) is 2.53. The van der Waals surface area contributed by atoms with Gasteiger partial charge in [-0.3, -0.25) is 0 Å². The average molecular weight is 253 g/mol. The van der Waals surface area contributed by atoms with Crippen LogP contribution < -0.4 is 4.74 Å². The van der Waals surface area contributed by atoms with Crippen LogP contribution in [0.25, 0.3) is 10.9 Å². The van der Waals surface area contributed by atoms with Crippen LogP contribution >= 0.6 is 0 Å². The van der Waals surface area contributed by atoms with Crippen molar-refractivity contribution in [3.8, 4) is 5.75 Å². The van der Waals surface area contributed by atoms with Gasteiger partial charge in [-0.25, -0.2) is 4.39 Å². The molecule has 0 aliphatic rings. The number of ether oxygens (including phenoxy) is 1. The fraction of sp³-hybridized carbons (Fsp3) is 0.385. The van der Waals surface area contributed by atoms with E-state index >= 15 is 0 Å². The molecule has 18 heavy (non-hydrogen) atoms. The van der Waals surface area contributed by atoms with Crippen molar-refractivity contribution >= 4 is 10.9 Å². The zero-order chi connectivity index (χ0) is 13.4. The van der Waals surface area contributed by atoms with E-state index in [0.29, 0.717) is 5.52 Å². The predicted molar refractivity (Wildman–Crippen MR) is 66.1 cm³/mol. The molecule has 2 aromatic rings. The number of benzene rings is 1. The van der Waals surface area contributed by atoms with Crippen molar-refractivity contribution in [3.63, 3.8) is 0 Å². The van der Waals surface area contributed by atoms with Gasteiger partial charge in [0.15, 0.2) is 17.9 Å². The maximum atomic E-state index is 13.7. The second-order valence-corrected chi connectivity index (χ2v) is 4.31. The third-order valence-corrected chi connectivity index (χ3v) is 3.28. The first-order valence-electron chi connectivity index (χ1n) is 5.63. The minimum atomic E-state index is -1.43. The molecule has 0 atom stereocenters. The fourth-order valence-electron chi connectivity index (χ4n) is 2.24. The Hall–Kier alpha value is -1.59. The summed E-state index contributed by atoms with van der Waals surface area (Å²) in [5.41, 5.74) is 2.38. The second kappa shape index (κ2) is 4.59. The van der Waals surface area contributed by atoms with E-state index in [2.05, 4.69) is 0 Å². The third-order valence-electron chi connectivity index (χ3n) is 3.28. The van der Waals surface area contributed by atoms with E-state index in [9.17, 15) is 4.39 Å². The molecule has 0 bridgehead atoms. The van der Waals surface area contributed by atoms with E-state index in [1.807, 2.05) is 18.5 Å². The highest BCUT2D eigenvalue weighted by molar-refractivity contribution is 5.87. The van der Waals surface area contributed by atoms with Crippen LogP contribution in [0, 0.1) is 12.7 Å². The predicted octanol–water partition coefficient (Wildman–Crippen LogP) is 1.49. The maximum absolute atomic E-state index is 13.7. The number of fused-ring (bicyclic) bond motifs is 1. The smallest absolute Gasteiger partial charge is 0.167 e. The summed E-state index contributed by atoms with van der Waals surface area (Å²) in [5.74, 6) is -0.275. The van der Waals surface area contributed by atoms with Gasteiger partial charge < -0.3 is 19.5 Å². The van der Waals surface area contributed by atoms with E-state index in [-0.39, 0.29) is 12.2 Å². The molecule has 0 saturated heterocycles. The third kappa shape index (κ3) is 1.95. The van der Waals surface area contributed by atoms with E-state index < -0.39 is 12.1 Å². The summed E-state index contributed by atoms with van der Waals surface area (Å²) in [6, 6.07) is 2.99. The quantitative estimate of drug-likeness (QED) is 0.815. The molecule has 0 radical (unpaired) electrons. The molecule has 1 aromatic heterocycles. The van der Waals surface area contributed by atoms with Crippen molar-refractivity contribution in [1.82, 2.24) is 4.57 Å². The molecule has 0 amide bonds. The lowest BCUT2D eigenvalue weighted by Gasteiger charge is -2.05. The first-order chi connectivity index (χ1) is 8.45. The molecular weight excluding hydrogens is 237 g/mol. The summed E-state index contributed by atoms with van der Waals surface area (Å²) in [4.78, 5) is 0. The Kier molecular flexibility index (Phi) is 3.28. The molecular formula is C13H16FNO3. The lowest BCUT2D eigenvalue weighted by Crippen LogP contribution is -2.09. The Labute approximate surface area is 104 Å². The van der Waals surface area contributed by atoms with Crippen LogP contribution in [0.5, 0.6) is 5.75 Å². The van der Waals surface area contributed by atoms with Crippen LogP contribution in [0.3, 0.4) is 0 Å². The Bertz CT molecular complexity index is 590. The summed E-state index contributed by atoms with van der Waals surface area (Å²) in [5, 5.41) is 19.0. The van der Waals surface area contributed by atoms with E-state index in [1.54, 1.807) is 6.07 Å². The Morgan fingerprint density at radius 1 is 1.39 bits per heavy atom. The number of methoxy groups -OCH3 is 1. The number of hydrogen-bond donors (Lipinski definition) is 2. The van der Waals surface area contributed by atoms with Gasteiger partial charge in [0.2, 0.25) is 0 Å². The van der Waals surface area contributed by atoms with Crippen molar-refractivity contribution < 1.29 is 19.3 Å². The van der Waals surface area contributed by atoms with Crippen LogP contribution in [0.1, 0.15) is 11.3 Å². The molecule has 0 fully saturated rings. The summed E-state index contributed by atoms with van der Waals surface area (Å²) < 4.78 is 20.4. The number of hydrogen-bond acceptors (Lipinski definition) is 3. The Morgan fingerprint density at radius 2 is 2.06 bits per heavy atom. The van der Waals surface area contributed by atoms with Gasteiger partial charge in [-0.15, -0.1) is 0 Å². The zero-order valence-corrected chi connectivity index (χ0v) is 10.6.